The maximum atomic E-state index is 12.5. The van der Waals surface area contributed by atoms with Crippen LogP contribution in [-0.2, 0) is 0 Å². The second-order valence-corrected chi connectivity index (χ2v) is 5.35. The fraction of sp³-hybridized carbons (Fsp3) is 0.278. The van der Waals surface area contributed by atoms with E-state index in [-0.39, 0.29) is 28.9 Å². The molecule has 0 fully saturated rings. The van der Waals surface area contributed by atoms with E-state index < -0.39 is 4.92 Å². The minimum absolute atomic E-state index is 0.115. The van der Waals surface area contributed by atoms with Gasteiger partial charge in [-0.15, -0.1) is 0 Å². The molecule has 2 aromatic carbocycles. The first-order chi connectivity index (χ1) is 12.0. The average Bonchev–Trinajstić information content (AvgIpc) is 2.65. The van der Waals surface area contributed by atoms with Gasteiger partial charge in [-0.25, -0.2) is 0 Å². The number of nitrogens with one attached hydrogen (secondary N) is 1. The molecule has 0 aliphatic carbocycles. The highest BCUT2D eigenvalue weighted by molar-refractivity contribution is 5.95. The van der Waals surface area contributed by atoms with Gasteiger partial charge in [-0.3, -0.25) is 14.9 Å². The van der Waals surface area contributed by atoms with E-state index in [1.165, 1.54) is 25.3 Å². The Kier molecular flexibility index (Phi) is 5.94. The molecule has 0 bridgehead atoms. The molecular weight excluding hydrogens is 324 g/mol. The summed E-state index contributed by atoms with van der Waals surface area (Å²) in [5, 5.41) is 14.0. The molecule has 0 unspecified atom stereocenters. The molecule has 0 aliphatic heterocycles. The molecule has 0 aliphatic rings. The Morgan fingerprint density at radius 3 is 2.36 bits per heavy atom. The molecule has 0 saturated carbocycles. The number of carbonyl (C=O) groups is 1. The molecule has 0 saturated heterocycles. The summed E-state index contributed by atoms with van der Waals surface area (Å²) in [4.78, 5) is 23.0. The third kappa shape index (κ3) is 4.26. The van der Waals surface area contributed by atoms with Gasteiger partial charge in [0.25, 0.3) is 5.91 Å². The molecule has 132 valence electrons. The van der Waals surface area contributed by atoms with Crippen molar-refractivity contribution in [2.45, 2.75) is 19.4 Å². The summed E-state index contributed by atoms with van der Waals surface area (Å²) in [6.07, 6.45) is 0.677. The van der Waals surface area contributed by atoms with E-state index in [9.17, 15) is 14.9 Å². The van der Waals surface area contributed by atoms with E-state index in [2.05, 4.69) is 5.32 Å². The van der Waals surface area contributed by atoms with Crippen LogP contribution in [0.3, 0.4) is 0 Å². The van der Waals surface area contributed by atoms with Crippen molar-refractivity contribution in [1.82, 2.24) is 5.32 Å². The van der Waals surface area contributed by atoms with Crippen LogP contribution in [0.15, 0.2) is 42.5 Å². The van der Waals surface area contributed by atoms with Gasteiger partial charge in [-0.2, -0.15) is 0 Å². The van der Waals surface area contributed by atoms with Crippen LogP contribution in [0.4, 0.5) is 5.69 Å². The lowest BCUT2D eigenvalue weighted by Crippen LogP contribution is -2.28. The number of rotatable bonds is 7. The molecule has 7 nitrogen and oxygen atoms in total. The lowest BCUT2D eigenvalue weighted by molar-refractivity contribution is -0.385. The zero-order valence-electron chi connectivity index (χ0n) is 14.3. The van der Waals surface area contributed by atoms with Crippen molar-refractivity contribution in [1.29, 1.82) is 0 Å². The maximum Gasteiger partial charge on any atom is 0.311 e. The molecule has 0 heterocycles. The van der Waals surface area contributed by atoms with Gasteiger partial charge in [-0.05, 0) is 36.2 Å². The Morgan fingerprint density at radius 1 is 1.16 bits per heavy atom. The number of hydrogen-bond acceptors (Lipinski definition) is 5. The highest BCUT2D eigenvalue weighted by Gasteiger charge is 2.20. The van der Waals surface area contributed by atoms with E-state index in [1.54, 1.807) is 7.11 Å². The zero-order chi connectivity index (χ0) is 18.4. The summed E-state index contributed by atoms with van der Waals surface area (Å²) in [7, 11) is 2.93. The number of amides is 1. The Bertz CT molecular complexity index is 759. The molecule has 0 spiro atoms. The molecule has 1 atom stereocenters. The lowest BCUT2D eigenvalue weighted by Gasteiger charge is -2.18. The predicted octanol–water partition coefficient (Wildman–Crippen LogP) is 3.49. The third-order valence-corrected chi connectivity index (χ3v) is 3.87. The summed E-state index contributed by atoms with van der Waals surface area (Å²) >= 11 is 0. The van der Waals surface area contributed by atoms with Crippen molar-refractivity contribution in [2.24, 2.45) is 0 Å². The number of carbonyl (C=O) groups excluding carboxylic acids is 1. The van der Waals surface area contributed by atoms with Crippen molar-refractivity contribution in [3.8, 4) is 11.5 Å². The minimum Gasteiger partial charge on any atom is -0.497 e. The van der Waals surface area contributed by atoms with Crippen LogP contribution in [0.5, 0.6) is 11.5 Å². The number of methoxy groups -OCH3 is 2. The third-order valence-electron chi connectivity index (χ3n) is 3.87. The fourth-order valence-electron chi connectivity index (χ4n) is 2.47. The van der Waals surface area contributed by atoms with Crippen LogP contribution in [0.1, 0.15) is 35.3 Å². The Hall–Kier alpha value is -3.09. The number of ether oxygens (including phenoxy) is 2. The first-order valence-electron chi connectivity index (χ1n) is 7.77. The zero-order valence-corrected chi connectivity index (χ0v) is 14.3. The van der Waals surface area contributed by atoms with Gasteiger partial charge in [0.15, 0.2) is 5.75 Å². The van der Waals surface area contributed by atoms with E-state index in [4.69, 9.17) is 9.47 Å². The van der Waals surface area contributed by atoms with Crippen LogP contribution in [0, 0.1) is 10.1 Å². The van der Waals surface area contributed by atoms with E-state index in [0.29, 0.717) is 6.42 Å². The molecule has 25 heavy (non-hydrogen) atoms. The van der Waals surface area contributed by atoms with E-state index in [0.717, 1.165) is 11.3 Å². The first-order valence-corrected chi connectivity index (χ1v) is 7.77. The first kappa shape index (κ1) is 18.3. The maximum absolute atomic E-state index is 12.5. The number of nitrogens with zero attached hydrogens (tertiary/aromatic N) is 1. The second kappa shape index (κ2) is 8.14. The highest BCUT2D eigenvalue weighted by Crippen LogP contribution is 2.28. The Balaban J connectivity index is 2.21. The van der Waals surface area contributed by atoms with E-state index >= 15 is 0 Å². The molecular formula is C18H20N2O5. The van der Waals surface area contributed by atoms with Crippen molar-refractivity contribution in [3.05, 3.63) is 63.7 Å². The van der Waals surface area contributed by atoms with Gasteiger partial charge in [-0.1, -0.05) is 19.1 Å². The number of benzene rings is 2. The van der Waals surface area contributed by atoms with Crippen molar-refractivity contribution in [2.75, 3.05) is 14.2 Å². The molecule has 2 rings (SSSR count). The summed E-state index contributed by atoms with van der Waals surface area (Å²) in [6.45, 7) is 1.95. The van der Waals surface area contributed by atoms with Crippen molar-refractivity contribution in [3.63, 3.8) is 0 Å². The quantitative estimate of drug-likeness (QED) is 0.613. The predicted molar refractivity (Wildman–Crippen MR) is 93.1 cm³/mol. The SMILES string of the molecule is CC[C@H](NC(=O)c1ccc(OC)c([N+](=O)[O-])c1)c1ccc(OC)cc1. The molecule has 1 N–H and O–H groups in total. The monoisotopic (exact) mass is 344 g/mol. The van der Waals surface area contributed by atoms with Crippen LogP contribution >= 0.6 is 0 Å². The summed E-state index contributed by atoms with van der Waals surface area (Å²) in [5.41, 5.74) is 0.895. The smallest absolute Gasteiger partial charge is 0.311 e. The average molecular weight is 344 g/mol. The number of hydrogen-bond donors (Lipinski definition) is 1. The van der Waals surface area contributed by atoms with Crippen LogP contribution in [0.25, 0.3) is 0 Å². The summed E-state index contributed by atoms with van der Waals surface area (Å²) < 4.78 is 10.1. The lowest BCUT2D eigenvalue weighted by atomic mass is 10.0. The van der Waals surface area contributed by atoms with Crippen LogP contribution in [0.2, 0.25) is 0 Å². The molecule has 0 radical (unpaired) electrons. The minimum atomic E-state index is -0.573. The Labute approximate surface area is 145 Å². The fourth-order valence-corrected chi connectivity index (χ4v) is 2.47. The van der Waals surface area contributed by atoms with E-state index in [1.807, 2.05) is 31.2 Å². The van der Waals surface area contributed by atoms with Crippen molar-refractivity contribution >= 4 is 11.6 Å². The molecule has 2 aromatic rings. The number of nitro benzene ring substituents is 1. The molecule has 0 aromatic heterocycles. The highest BCUT2D eigenvalue weighted by atomic mass is 16.6. The molecule has 1 amide bonds. The van der Waals surface area contributed by atoms with Crippen LogP contribution < -0.4 is 14.8 Å². The van der Waals surface area contributed by atoms with Gasteiger partial charge >= 0.3 is 5.69 Å². The normalized spacial score (nSPS) is 11.5. The topological polar surface area (TPSA) is 90.7 Å². The molecule has 7 heteroatoms. The number of nitro groups is 1. The standard InChI is InChI=1S/C18H20N2O5/c1-4-15(12-5-8-14(24-2)9-6-12)19-18(21)13-7-10-17(25-3)16(11-13)20(22)23/h5-11,15H,4H2,1-3H3,(H,19,21)/t15-/m0/s1. The Morgan fingerprint density at radius 2 is 1.84 bits per heavy atom. The summed E-state index contributed by atoms with van der Waals surface area (Å²) in [6, 6.07) is 11.3. The largest absolute Gasteiger partial charge is 0.497 e. The summed E-state index contributed by atoms with van der Waals surface area (Å²) in [5.74, 6) is 0.466. The van der Waals surface area contributed by atoms with Gasteiger partial charge < -0.3 is 14.8 Å². The van der Waals surface area contributed by atoms with Gasteiger partial charge in [0.1, 0.15) is 5.75 Å². The van der Waals surface area contributed by atoms with Gasteiger partial charge in [0, 0.05) is 11.6 Å². The van der Waals surface area contributed by atoms with Crippen molar-refractivity contribution < 1.29 is 19.2 Å². The van der Waals surface area contributed by atoms with Gasteiger partial charge in [0.05, 0.1) is 25.2 Å². The second-order valence-electron chi connectivity index (χ2n) is 5.35. The van der Waals surface area contributed by atoms with Crippen LogP contribution in [-0.4, -0.2) is 25.1 Å². The van der Waals surface area contributed by atoms with Gasteiger partial charge in [0.2, 0.25) is 0 Å².